The molecule has 0 amide bonds. The maximum absolute atomic E-state index is 11.6. The Hall–Kier alpha value is -3.73. The number of esters is 2. The summed E-state index contributed by atoms with van der Waals surface area (Å²) in [6.45, 7) is 4.28. The fourth-order valence-corrected chi connectivity index (χ4v) is 5.14. The van der Waals surface area contributed by atoms with E-state index in [0.29, 0.717) is 80.5 Å². The number of carbonyl (C=O) groups excluding carboxylic acids is 4. The third kappa shape index (κ3) is 21.2. The molecule has 0 bridgehead atoms. The summed E-state index contributed by atoms with van der Waals surface area (Å²) in [5.41, 5.74) is 1.56. The number of aliphatic hydroxyl groups excluding tert-OH is 2. The van der Waals surface area contributed by atoms with Crippen LogP contribution in [0.15, 0.2) is 132 Å². The number of aldehydes is 2. The molecule has 20 heteroatoms. The molecule has 2 fully saturated rings. The molecule has 0 unspecified atom stereocenters. The molecule has 0 radical (unpaired) electrons. The Morgan fingerprint density at radius 2 is 1.19 bits per heavy atom. The minimum Gasteiger partial charge on any atom is -0.464 e. The van der Waals surface area contributed by atoms with Gasteiger partial charge in [0.1, 0.15) is 11.5 Å². The van der Waals surface area contributed by atoms with Gasteiger partial charge in [-0.2, -0.15) is 0 Å². The Balaban J connectivity index is 0.000000267. The number of hydrogen-bond donors (Lipinski definition) is 2. The molecular formula is C43H45BrI3O16-. The molecule has 6 aromatic rings. The molecule has 0 spiro atoms. The molecule has 2 N–H and O–H groups in total. The first-order valence-corrected chi connectivity index (χ1v) is 31.7. The molecule has 6 heterocycles. The zero-order chi connectivity index (χ0) is 46.2. The maximum Gasteiger partial charge on any atom is 0.217 e. The van der Waals surface area contributed by atoms with Crippen molar-refractivity contribution in [3.8, 4) is 11.3 Å². The van der Waals surface area contributed by atoms with Crippen LogP contribution in [0, 0.1) is 6.92 Å². The van der Waals surface area contributed by atoms with E-state index in [9.17, 15) is 19.2 Å². The summed E-state index contributed by atoms with van der Waals surface area (Å²) in [5, 5.41) is 15.2. The van der Waals surface area contributed by atoms with E-state index < -0.39 is 5.97 Å². The number of halogens is 4. The Labute approximate surface area is 401 Å². The summed E-state index contributed by atoms with van der Waals surface area (Å²) in [4.78, 5) is 42.8. The molecular weight excluding hydrogens is 1230 g/mol. The van der Waals surface area contributed by atoms with Crippen LogP contribution in [0.25, 0.3) is 11.3 Å². The Morgan fingerprint density at radius 1 is 0.667 bits per heavy atom. The van der Waals surface area contributed by atoms with Crippen LogP contribution in [0.3, 0.4) is 0 Å². The van der Waals surface area contributed by atoms with Crippen molar-refractivity contribution in [1.82, 2.24) is 0 Å². The normalized spacial score (nSPS) is 12.6. The average Bonchev–Trinajstić information content (AvgIpc) is 4.18. The minimum absolute atomic E-state index is 0.125. The van der Waals surface area contributed by atoms with Gasteiger partial charge in [0, 0.05) is 10.0 Å². The van der Waals surface area contributed by atoms with E-state index >= 15 is 0 Å². The van der Waals surface area contributed by atoms with Gasteiger partial charge in [-0.1, -0.05) is 30.3 Å². The number of carbonyl (C=O) groups is 4. The molecule has 2 aliphatic rings. The van der Waals surface area contributed by atoms with Crippen LogP contribution in [0.1, 0.15) is 71.7 Å². The second-order valence-electron chi connectivity index (χ2n) is 11.6. The molecule has 4 aromatic heterocycles. The second-order valence-corrected chi connectivity index (χ2v) is 28.7. The smallest absolute Gasteiger partial charge is 0.217 e. The minimum atomic E-state index is -0.440. The SMILES string of the molecule is COC(=O)c1ccccc1-c1ccc(C=O)o1.COC(=O)c1ccccc1Br.Cc1ccc(C2OCCO2)o1.I[I-]I.O=Cc1ccco1.OCCO.c1coc(C2OCCO2)c1. The van der Waals surface area contributed by atoms with E-state index in [0.717, 1.165) is 21.8 Å². The van der Waals surface area contributed by atoms with Crippen LogP contribution in [0.4, 0.5) is 0 Å². The third-order valence-electron chi connectivity index (χ3n) is 7.39. The van der Waals surface area contributed by atoms with Crippen LogP contribution in [-0.4, -0.2) is 88.6 Å². The Morgan fingerprint density at radius 3 is 1.63 bits per heavy atom. The Bertz CT molecular complexity index is 2120. The number of methoxy groups -OCH3 is 2. The largest absolute Gasteiger partial charge is 0.464 e. The molecule has 342 valence electrons. The number of aliphatic hydroxyl groups is 2. The van der Waals surface area contributed by atoms with Crippen molar-refractivity contribution in [3.63, 3.8) is 0 Å². The molecule has 63 heavy (non-hydrogen) atoms. The van der Waals surface area contributed by atoms with Crippen molar-refractivity contribution in [2.75, 3.05) is 53.9 Å². The third-order valence-corrected chi connectivity index (χ3v) is 8.08. The van der Waals surface area contributed by atoms with Crippen molar-refractivity contribution < 1.29 is 88.7 Å². The number of rotatable bonds is 8. The van der Waals surface area contributed by atoms with Gasteiger partial charge >= 0.3 is 62.4 Å². The number of hydrogen-bond acceptors (Lipinski definition) is 16. The quantitative estimate of drug-likeness (QED) is 0.0935. The van der Waals surface area contributed by atoms with E-state index in [1.807, 2.05) is 37.3 Å². The van der Waals surface area contributed by atoms with Crippen LogP contribution < -0.4 is 13.3 Å². The average molecular weight is 1280 g/mol. The summed E-state index contributed by atoms with van der Waals surface area (Å²) in [7, 11) is 2.68. The summed E-state index contributed by atoms with van der Waals surface area (Å²) in [6, 6.07) is 27.9. The fourth-order valence-electron chi connectivity index (χ4n) is 4.69. The van der Waals surface area contributed by atoms with Crippen LogP contribution >= 0.6 is 53.2 Å². The van der Waals surface area contributed by atoms with Gasteiger partial charge in [0.05, 0.1) is 77.5 Å². The molecule has 2 aliphatic heterocycles. The van der Waals surface area contributed by atoms with Gasteiger partial charge in [0.15, 0.2) is 35.6 Å². The van der Waals surface area contributed by atoms with Crippen LogP contribution in [0.2, 0.25) is 0 Å². The van der Waals surface area contributed by atoms with E-state index in [1.54, 1.807) is 73.0 Å². The number of ether oxygens (including phenoxy) is 6. The zero-order valence-electron chi connectivity index (χ0n) is 34.1. The summed E-state index contributed by atoms with van der Waals surface area (Å²) >= 11 is 8.54. The topological polar surface area (TPSA) is 217 Å². The van der Waals surface area contributed by atoms with Gasteiger partial charge in [0.25, 0.3) is 0 Å². The van der Waals surface area contributed by atoms with E-state index in [4.69, 9.17) is 42.4 Å². The van der Waals surface area contributed by atoms with Crippen molar-refractivity contribution in [2.24, 2.45) is 0 Å². The predicted octanol–water partition coefficient (Wildman–Crippen LogP) is 6.58. The van der Waals surface area contributed by atoms with Crippen LogP contribution in [0.5, 0.6) is 0 Å². The van der Waals surface area contributed by atoms with E-state index in [2.05, 4.69) is 67.1 Å². The van der Waals surface area contributed by atoms with Gasteiger partial charge in [-0.15, -0.1) is 0 Å². The standard InChI is InChI=1S/C13H10O4.C8H7BrO2.C8H10O3.C7H8O3.C5H4O2.C2H6O2.I3/c1-16-13(15)11-5-3-2-4-10(11)12-7-6-9(8-14)17-12;1-11-8(10)6-4-2-3-5-7(6)9;1-6-2-3-7(11-6)8-9-4-5-10-8;1-2-6(8-3-1)7-9-4-5-10-7;6-4-5-2-1-3-7-5;3-1-2-4;1-3-2/h2-8H,1H3;2-5H,1H3;2-3,8H,4-5H2,1H3;1-3,7H,4-5H2;1-4H;3-4H,1-2H2;/q;;;;;;-1. The molecule has 0 atom stereocenters. The number of aryl methyl sites for hydroxylation is 1. The zero-order valence-corrected chi connectivity index (χ0v) is 42.1. The predicted molar refractivity (Wildman–Crippen MR) is 244 cm³/mol. The molecule has 8 rings (SSSR count). The van der Waals surface area contributed by atoms with Gasteiger partial charge < -0.3 is 56.3 Å². The van der Waals surface area contributed by atoms with Gasteiger partial charge in [-0.25, -0.2) is 9.59 Å². The second kappa shape index (κ2) is 33.7. The maximum atomic E-state index is 11.6. The van der Waals surface area contributed by atoms with E-state index in [1.165, 1.54) is 20.5 Å². The van der Waals surface area contributed by atoms with Crippen molar-refractivity contribution in [2.45, 2.75) is 19.5 Å². The molecule has 16 nitrogen and oxygen atoms in total. The molecule has 0 saturated carbocycles. The van der Waals surface area contributed by atoms with Gasteiger partial charge in [0.2, 0.25) is 12.6 Å². The first-order valence-electron chi connectivity index (χ1n) is 18.3. The van der Waals surface area contributed by atoms with Crippen molar-refractivity contribution >= 4 is 77.7 Å². The monoisotopic (exact) mass is 1280 g/mol. The van der Waals surface area contributed by atoms with E-state index in [-0.39, 0.29) is 37.5 Å². The summed E-state index contributed by atoms with van der Waals surface area (Å²) < 4.78 is 51.1. The number of benzene rings is 2. The Kier molecular flexibility index (Phi) is 29.7. The van der Waals surface area contributed by atoms with Gasteiger partial charge in [-0.05, 0) is 89.6 Å². The number of furan rings is 4. The molecule has 0 aliphatic carbocycles. The first-order chi connectivity index (χ1) is 30.6. The van der Waals surface area contributed by atoms with Crippen LogP contribution in [-0.2, 0) is 28.4 Å². The van der Waals surface area contributed by atoms with Crippen molar-refractivity contribution in [1.29, 1.82) is 0 Å². The molecule has 2 saturated heterocycles. The summed E-state index contributed by atoms with van der Waals surface area (Å²) in [6.07, 6.45) is 3.81. The molecule has 2 aromatic carbocycles. The summed E-state index contributed by atoms with van der Waals surface area (Å²) in [5.74, 6) is 2.70. The first kappa shape index (κ1) is 55.4. The van der Waals surface area contributed by atoms with Crippen molar-refractivity contribution in [3.05, 3.63) is 154 Å². The fraction of sp³-hybridized carbons (Fsp3) is 0.256. The van der Waals surface area contributed by atoms with Gasteiger partial charge in [-0.3, -0.25) is 9.59 Å².